The summed E-state index contributed by atoms with van der Waals surface area (Å²) in [5, 5.41) is 15.3. The van der Waals surface area contributed by atoms with Gasteiger partial charge in [-0.2, -0.15) is 0 Å². The van der Waals surface area contributed by atoms with Crippen LogP contribution in [0, 0.1) is 10.1 Å². The highest BCUT2D eigenvalue weighted by atomic mass is 32.2. The van der Waals surface area contributed by atoms with Crippen molar-refractivity contribution < 1.29 is 24.0 Å². The van der Waals surface area contributed by atoms with Gasteiger partial charge in [0.1, 0.15) is 18.3 Å². The zero-order valence-corrected chi connectivity index (χ0v) is 26.5. The van der Waals surface area contributed by atoms with Crippen LogP contribution >= 0.6 is 11.8 Å². The molecule has 43 heavy (non-hydrogen) atoms. The minimum absolute atomic E-state index is 0.137. The molecule has 0 amide bonds. The topological polar surface area (TPSA) is 108 Å². The van der Waals surface area contributed by atoms with Gasteiger partial charge in [0, 0.05) is 18.2 Å². The van der Waals surface area contributed by atoms with E-state index in [4.69, 9.17) is 9.47 Å². The highest BCUT2D eigenvalue weighted by molar-refractivity contribution is 8.14. The lowest BCUT2D eigenvalue weighted by Crippen LogP contribution is -2.33. The van der Waals surface area contributed by atoms with Crippen LogP contribution in [-0.4, -0.2) is 21.4 Å². The van der Waals surface area contributed by atoms with Crippen LogP contribution in [0.4, 0.5) is 0 Å². The van der Waals surface area contributed by atoms with Gasteiger partial charge in [0.05, 0.1) is 16.2 Å². The summed E-state index contributed by atoms with van der Waals surface area (Å²) < 4.78 is 12.1. The molecule has 0 aliphatic carbocycles. The lowest BCUT2D eigenvalue weighted by Gasteiger charge is -2.28. The van der Waals surface area contributed by atoms with Gasteiger partial charge in [-0.15, -0.1) is 0 Å². The maximum absolute atomic E-state index is 13.9. The molecule has 2 unspecified atom stereocenters. The quantitative estimate of drug-likeness (QED) is 0.0627. The number of esters is 1. The van der Waals surface area contributed by atoms with Gasteiger partial charge in [-0.25, -0.2) is 4.79 Å². The van der Waals surface area contributed by atoms with Gasteiger partial charge in [0.2, 0.25) is 0 Å². The normalized spacial score (nSPS) is 15.6. The second-order valence-corrected chi connectivity index (χ2v) is 12.2. The van der Waals surface area contributed by atoms with Crippen LogP contribution in [0.25, 0.3) is 0 Å². The number of allylic oxidation sites excluding steroid dienone is 3. The molecule has 0 spiro atoms. The van der Waals surface area contributed by atoms with Crippen LogP contribution in [0.2, 0.25) is 0 Å². The summed E-state index contributed by atoms with van der Waals surface area (Å²) in [6, 6.07) is 16.7. The number of nitrogens with zero attached hydrogens (tertiary/aromatic N) is 1. The number of nitrogens with one attached hydrogen (secondary N) is 1. The van der Waals surface area contributed by atoms with Crippen LogP contribution in [0.1, 0.15) is 103 Å². The van der Waals surface area contributed by atoms with Gasteiger partial charge in [0.25, 0.3) is 5.70 Å². The molecule has 0 saturated carbocycles. The first-order valence-electron chi connectivity index (χ1n) is 15.2. The van der Waals surface area contributed by atoms with Gasteiger partial charge in [-0.05, 0) is 50.1 Å². The Morgan fingerprint density at radius 3 is 2.21 bits per heavy atom. The van der Waals surface area contributed by atoms with Gasteiger partial charge in [-0.1, -0.05) is 100 Å². The number of nitro groups is 1. The van der Waals surface area contributed by atoms with E-state index in [9.17, 15) is 19.7 Å². The smallest absolute Gasteiger partial charge is 0.338 e. The minimum Gasteiger partial charge on any atom is -0.489 e. The number of rotatable bonds is 17. The molecule has 8 nitrogen and oxygen atoms in total. The van der Waals surface area contributed by atoms with Crippen molar-refractivity contribution in [3.63, 3.8) is 0 Å². The van der Waals surface area contributed by atoms with E-state index in [1.165, 1.54) is 39.0 Å². The predicted molar refractivity (Wildman–Crippen MR) is 171 cm³/mol. The third-order valence-corrected chi connectivity index (χ3v) is 8.37. The number of thioether (sulfide) groups is 1. The van der Waals surface area contributed by atoms with Gasteiger partial charge < -0.3 is 14.8 Å². The molecule has 9 heteroatoms. The fraction of sp³-hybridized carbons (Fsp3) is 0.471. The minimum atomic E-state index is -1.03. The maximum Gasteiger partial charge on any atom is 0.338 e. The monoisotopic (exact) mass is 608 g/mol. The lowest BCUT2D eigenvalue weighted by molar-refractivity contribution is -0.431. The van der Waals surface area contributed by atoms with Crippen LogP contribution in [0.15, 0.2) is 77.3 Å². The highest BCUT2D eigenvalue weighted by Crippen LogP contribution is 2.43. The number of carbonyl (C=O) groups is 2. The summed E-state index contributed by atoms with van der Waals surface area (Å²) >= 11 is 0.986. The summed E-state index contributed by atoms with van der Waals surface area (Å²) in [6.07, 6.45) is 9.56. The largest absolute Gasteiger partial charge is 0.489 e. The van der Waals surface area contributed by atoms with Crippen LogP contribution in [-0.2, 0) is 20.9 Å². The van der Waals surface area contributed by atoms with E-state index < -0.39 is 22.2 Å². The zero-order chi connectivity index (χ0) is 31.2. The number of carbonyl (C=O) groups excluding carboxylic acids is 2. The molecule has 1 aliphatic rings. The first kappa shape index (κ1) is 33.9. The molecule has 0 radical (unpaired) electrons. The SMILES string of the molecule is CCCCCCCCCCC(OC(=O)C1=C(C)NC(C)=C([N+](=O)[O-])C1c1ccccc1OCc1ccccc1)SC(C)=O. The van der Waals surface area contributed by atoms with E-state index in [0.717, 1.165) is 36.6 Å². The second kappa shape index (κ2) is 17.5. The number of hydrogen-bond donors (Lipinski definition) is 1. The van der Waals surface area contributed by atoms with E-state index in [2.05, 4.69) is 12.2 Å². The standard InChI is InChI=1S/C34H44N2O6S/c1-5-6-7-8-9-10-11-15-22-30(43-26(4)37)42-34(38)31-24(2)35-25(3)33(36(39)40)32(31)28-20-16-17-21-29(28)41-23-27-18-13-12-14-19-27/h12-14,16-21,30,32,35H,5-11,15,22-23H2,1-4H3. The Labute approximate surface area is 259 Å². The van der Waals surface area contributed by atoms with Crippen molar-refractivity contribution in [2.24, 2.45) is 0 Å². The fourth-order valence-corrected chi connectivity index (χ4v) is 6.13. The first-order valence-corrected chi connectivity index (χ1v) is 16.1. The van der Waals surface area contributed by atoms with E-state index in [1.54, 1.807) is 38.1 Å². The third-order valence-electron chi connectivity index (χ3n) is 7.44. The molecule has 2 atom stereocenters. The number of dihydropyridines is 1. The fourth-order valence-electron chi connectivity index (χ4n) is 5.34. The van der Waals surface area contributed by atoms with Crippen LogP contribution in [0.3, 0.4) is 0 Å². The van der Waals surface area contributed by atoms with Crippen molar-refractivity contribution >= 4 is 22.8 Å². The molecule has 2 aromatic carbocycles. The summed E-state index contributed by atoms with van der Waals surface area (Å²) in [4.78, 5) is 37.9. The lowest BCUT2D eigenvalue weighted by atomic mass is 9.83. The van der Waals surface area contributed by atoms with Crippen molar-refractivity contribution in [1.82, 2.24) is 5.32 Å². The number of hydrogen-bond acceptors (Lipinski definition) is 8. The Morgan fingerprint density at radius 2 is 1.56 bits per heavy atom. The Hall–Kier alpha value is -3.59. The summed E-state index contributed by atoms with van der Waals surface area (Å²) in [6.45, 7) is 7.25. The maximum atomic E-state index is 13.9. The molecule has 1 aliphatic heterocycles. The number of para-hydroxylation sites is 1. The molecule has 0 saturated heterocycles. The average molecular weight is 609 g/mol. The molecule has 1 N–H and O–H groups in total. The molecular formula is C34H44N2O6S. The molecule has 0 fully saturated rings. The zero-order valence-electron chi connectivity index (χ0n) is 25.7. The van der Waals surface area contributed by atoms with Crippen molar-refractivity contribution in [3.05, 3.63) is 98.5 Å². The van der Waals surface area contributed by atoms with Crippen molar-refractivity contribution in [1.29, 1.82) is 0 Å². The summed E-state index contributed by atoms with van der Waals surface area (Å²) in [7, 11) is 0. The van der Waals surface area contributed by atoms with Gasteiger partial charge in [0.15, 0.2) is 10.6 Å². The van der Waals surface area contributed by atoms with Gasteiger partial charge >= 0.3 is 5.97 Å². The third kappa shape index (κ3) is 10.3. The average Bonchev–Trinajstić information content (AvgIpc) is 2.97. The van der Waals surface area contributed by atoms with E-state index in [1.807, 2.05) is 30.3 Å². The molecule has 0 aromatic heterocycles. The van der Waals surface area contributed by atoms with Gasteiger partial charge in [-0.3, -0.25) is 14.9 Å². The number of unbranched alkanes of at least 4 members (excludes halogenated alkanes) is 7. The summed E-state index contributed by atoms with van der Waals surface area (Å²) in [5.74, 6) is -1.27. The molecule has 2 aromatic rings. The van der Waals surface area contributed by atoms with E-state index >= 15 is 0 Å². The molecule has 0 bridgehead atoms. The van der Waals surface area contributed by atoms with E-state index in [-0.39, 0.29) is 23.0 Å². The molecule has 1 heterocycles. The highest BCUT2D eigenvalue weighted by Gasteiger charge is 2.43. The van der Waals surface area contributed by atoms with Crippen LogP contribution < -0.4 is 10.1 Å². The molecular weight excluding hydrogens is 564 g/mol. The van der Waals surface area contributed by atoms with Crippen molar-refractivity contribution in [2.45, 2.75) is 103 Å². The Morgan fingerprint density at radius 1 is 0.930 bits per heavy atom. The first-order chi connectivity index (χ1) is 20.7. The Balaban J connectivity index is 1.83. The van der Waals surface area contributed by atoms with Crippen LogP contribution in [0.5, 0.6) is 5.75 Å². The number of ether oxygens (including phenoxy) is 2. The molecule has 232 valence electrons. The Kier molecular flexibility index (Phi) is 13.8. The van der Waals surface area contributed by atoms with Crippen molar-refractivity contribution in [2.75, 3.05) is 0 Å². The summed E-state index contributed by atoms with van der Waals surface area (Å²) in [5.41, 5.74) is 1.56. The second-order valence-electron chi connectivity index (χ2n) is 10.9. The predicted octanol–water partition coefficient (Wildman–Crippen LogP) is 8.41. The van der Waals surface area contributed by atoms with Crippen molar-refractivity contribution in [3.8, 4) is 5.75 Å². The van der Waals surface area contributed by atoms with E-state index in [0.29, 0.717) is 29.1 Å². The Bertz CT molecular complexity index is 1310. The number of benzene rings is 2. The molecule has 3 rings (SSSR count).